The molecule has 2 amide bonds. The summed E-state index contributed by atoms with van der Waals surface area (Å²) in [6.07, 6.45) is 0. The third-order valence-electron chi connectivity index (χ3n) is 3.89. The van der Waals surface area contributed by atoms with Crippen LogP contribution in [-0.2, 0) is 16.1 Å². The van der Waals surface area contributed by atoms with Crippen molar-refractivity contribution in [2.24, 2.45) is 0 Å². The van der Waals surface area contributed by atoms with Crippen molar-refractivity contribution in [1.29, 1.82) is 0 Å². The molecule has 2 rings (SSSR count). The molecule has 26 heavy (non-hydrogen) atoms. The molecule has 0 aliphatic carbocycles. The molecule has 0 heterocycles. The molecule has 0 aromatic heterocycles. The van der Waals surface area contributed by atoms with Crippen LogP contribution in [0.5, 0.6) is 0 Å². The van der Waals surface area contributed by atoms with Crippen molar-refractivity contribution in [3.05, 3.63) is 65.2 Å². The fraction of sp³-hybridized carbons (Fsp3) is 0.300. The number of amides is 2. The summed E-state index contributed by atoms with van der Waals surface area (Å²) < 4.78 is 0. The molecule has 2 aromatic rings. The SMILES string of the molecule is CCNC(=O)[C@H](C)N(Cc1ccccc1)C(=O)CSc1ccc(Cl)cc1. The Hall–Kier alpha value is -1.98. The monoisotopic (exact) mass is 390 g/mol. The van der Waals surface area contributed by atoms with Crippen LogP contribution in [0.4, 0.5) is 0 Å². The van der Waals surface area contributed by atoms with E-state index >= 15 is 0 Å². The van der Waals surface area contributed by atoms with Crippen LogP contribution in [0.25, 0.3) is 0 Å². The van der Waals surface area contributed by atoms with Gasteiger partial charge in [-0.25, -0.2) is 0 Å². The van der Waals surface area contributed by atoms with Crippen molar-refractivity contribution < 1.29 is 9.59 Å². The van der Waals surface area contributed by atoms with Crippen molar-refractivity contribution in [3.63, 3.8) is 0 Å². The normalized spacial score (nSPS) is 11.7. The highest BCUT2D eigenvalue weighted by Crippen LogP contribution is 2.21. The summed E-state index contributed by atoms with van der Waals surface area (Å²) in [5.41, 5.74) is 0.994. The van der Waals surface area contributed by atoms with Gasteiger partial charge in [0.1, 0.15) is 6.04 Å². The third-order valence-corrected chi connectivity index (χ3v) is 5.14. The summed E-state index contributed by atoms with van der Waals surface area (Å²) in [6.45, 7) is 4.57. The number of carbonyl (C=O) groups is 2. The highest BCUT2D eigenvalue weighted by atomic mass is 35.5. The Balaban J connectivity index is 2.09. The van der Waals surface area contributed by atoms with Crippen LogP contribution in [0.3, 0.4) is 0 Å². The van der Waals surface area contributed by atoms with Crippen LogP contribution in [0, 0.1) is 0 Å². The van der Waals surface area contributed by atoms with Crippen LogP contribution in [0.1, 0.15) is 19.4 Å². The molecular formula is C20H23ClN2O2S. The molecule has 1 atom stereocenters. The van der Waals surface area contributed by atoms with E-state index in [-0.39, 0.29) is 17.6 Å². The number of carbonyl (C=O) groups excluding carboxylic acids is 2. The highest BCUT2D eigenvalue weighted by molar-refractivity contribution is 8.00. The van der Waals surface area contributed by atoms with Gasteiger partial charge >= 0.3 is 0 Å². The minimum Gasteiger partial charge on any atom is -0.355 e. The van der Waals surface area contributed by atoms with Gasteiger partial charge in [-0.1, -0.05) is 41.9 Å². The number of hydrogen-bond acceptors (Lipinski definition) is 3. The third kappa shape index (κ3) is 6.07. The van der Waals surface area contributed by atoms with Gasteiger partial charge in [0.25, 0.3) is 0 Å². The first-order valence-electron chi connectivity index (χ1n) is 8.50. The lowest BCUT2D eigenvalue weighted by Crippen LogP contribution is -2.48. The van der Waals surface area contributed by atoms with E-state index in [2.05, 4.69) is 5.32 Å². The van der Waals surface area contributed by atoms with Gasteiger partial charge in [-0.05, 0) is 43.7 Å². The van der Waals surface area contributed by atoms with Crippen LogP contribution in [-0.4, -0.2) is 35.1 Å². The van der Waals surface area contributed by atoms with Gasteiger partial charge in [0.2, 0.25) is 11.8 Å². The Morgan fingerprint density at radius 1 is 1.12 bits per heavy atom. The predicted molar refractivity (Wildman–Crippen MR) is 107 cm³/mol. The number of hydrogen-bond donors (Lipinski definition) is 1. The molecule has 0 fully saturated rings. The first-order chi connectivity index (χ1) is 12.5. The molecule has 0 spiro atoms. The van der Waals surface area contributed by atoms with E-state index in [1.54, 1.807) is 24.0 Å². The van der Waals surface area contributed by atoms with Gasteiger partial charge in [0.05, 0.1) is 5.75 Å². The second-order valence-corrected chi connectivity index (χ2v) is 7.31. The number of nitrogens with one attached hydrogen (secondary N) is 1. The van der Waals surface area contributed by atoms with E-state index in [0.717, 1.165) is 10.5 Å². The van der Waals surface area contributed by atoms with E-state index in [1.165, 1.54) is 11.8 Å². The summed E-state index contributed by atoms with van der Waals surface area (Å²) in [7, 11) is 0. The lowest BCUT2D eigenvalue weighted by Gasteiger charge is -2.28. The van der Waals surface area contributed by atoms with E-state index < -0.39 is 6.04 Å². The standard InChI is InChI=1S/C20H23ClN2O2S/c1-3-22-20(25)15(2)23(13-16-7-5-4-6-8-16)19(24)14-26-18-11-9-17(21)10-12-18/h4-12,15H,3,13-14H2,1-2H3,(H,22,25)/t15-/m0/s1. The fourth-order valence-electron chi connectivity index (χ4n) is 2.44. The summed E-state index contributed by atoms with van der Waals surface area (Å²) in [4.78, 5) is 27.7. The molecule has 1 N–H and O–H groups in total. The average Bonchev–Trinajstić information content (AvgIpc) is 2.66. The van der Waals surface area contributed by atoms with Gasteiger partial charge in [0, 0.05) is 23.0 Å². The number of benzene rings is 2. The predicted octanol–water partition coefficient (Wildman–Crippen LogP) is 3.99. The van der Waals surface area contributed by atoms with Crippen molar-refractivity contribution in [2.45, 2.75) is 31.3 Å². The first-order valence-corrected chi connectivity index (χ1v) is 9.87. The van der Waals surface area contributed by atoms with Crippen LogP contribution < -0.4 is 5.32 Å². The van der Waals surface area contributed by atoms with Crippen LogP contribution in [0.2, 0.25) is 5.02 Å². The van der Waals surface area contributed by atoms with Crippen molar-refractivity contribution in [3.8, 4) is 0 Å². The van der Waals surface area contributed by atoms with Gasteiger partial charge in [-0.15, -0.1) is 11.8 Å². The molecule has 0 aliphatic heterocycles. The average molecular weight is 391 g/mol. The number of thioether (sulfide) groups is 1. The number of halogens is 1. The van der Waals surface area contributed by atoms with Crippen molar-refractivity contribution in [2.75, 3.05) is 12.3 Å². The van der Waals surface area contributed by atoms with E-state index in [0.29, 0.717) is 18.1 Å². The maximum absolute atomic E-state index is 12.8. The smallest absolute Gasteiger partial charge is 0.242 e. The van der Waals surface area contributed by atoms with E-state index in [1.807, 2.05) is 49.4 Å². The van der Waals surface area contributed by atoms with Gasteiger partial charge in [0.15, 0.2) is 0 Å². The summed E-state index contributed by atoms with van der Waals surface area (Å²) in [6, 6.07) is 16.5. The highest BCUT2D eigenvalue weighted by Gasteiger charge is 2.25. The zero-order valence-corrected chi connectivity index (χ0v) is 16.5. The Morgan fingerprint density at radius 2 is 1.77 bits per heavy atom. The molecule has 0 bridgehead atoms. The van der Waals surface area contributed by atoms with Crippen LogP contribution >= 0.6 is 23.4 Å². The Morgan fingerprint density at radius 3 is 2.38 bits per heavy atom. The quantitative estimate of drug-likeness (QED) is 0.693. The molecule has 0 unspecified atom stereocenters. The molecule has 6 heteroatoms. The molecule has 138 valence electrons. The van der Waals surface area contributed by atoms with Gasteiger partial charge < -0.3 is 10.2 Å². The minimum absolute atomic E-state index is 0.0763. The number of likely N-dealkylation sites (N-methyl/N-ethyl adjacent to an activating group) is 1. The number of nitrogens with zero attached hydrogens (tertiary/aromatic N) is 1. The topological polar surface area (TPSA) is 49.4 Å². The second kappa shape index (κ2) is 10.2. The number of rotatable bonds is 8. The molecule has 0 radical (unpaired) electrons. The van der Waals surface area contributed by atoms with Crippen molar-refractivity contribution >= 4 is 35.2 Å². The molecule has 0 aliphatic rings. The second-order valence-electron chi connectivity index (χ2n) is 5.82. The summed E-state index contributed by atoms with van der Waals surface area (Å²) >= 11 is 7.33. The maximum Gasteiger partial charge on any atom is 0.242 e. The van der Waals surface area contributed by atoms with Crippen molar-refractivity contribution in [1.82, 2.24) is 10.2 Å². The molecule has 4 nitrogen and oxygen atoms in total. The summed E-state index contributed by atoms with van der Waals surface area (Å²) in [5, 5.41) is 3.46. The van der Waals surface area contributed by atoms with Gasteiger partial charge in [-0.2, -0.15) is 0 Å². The lowest BCUT2D eigenvalue weighted by atomic mass is 10.1. The zero-order chi connectivity index (χ0) is 18.9. The largest absolute Gasteiger partial charge is 0.355 e. The fourth-order valence-corrected chi connectivity index (χ4v) is 3.35. The zero-order valence-electron chi connectivity index (χ0n) is 14.9. The maximum atomic E-state index is 12.8. The van der Waals surface area contributed by atoms with Crippen LogP contribution in [0.15, 0.2) is 59.5 Å². The molecule has 0 saturated heterocycles. The minimum atomic E-state index is -0.534. The molecule has 2 aromatic carbocycles. The van der Waals surface area contributed by atoms with E-state index in [9.17, 15) is 9.59 Å². The van der Waals surface area contributed by atoms with Gasteiger partial charge in [-0.3, -0.25) is 9.59 Å². The first kappa shape index (κ1) is 20.3. The molecule has 0 saturated carbocycles. The lowest BCUT2D eigenvalue weighted by molar-refractivity contribution is -0.138. The summed E-state index contributed by atoms with van der Waals surface area (Å²) in [5.74, 6) is 0.0407. The van der Waals surface area contributed by atoms with E-state index in [4.69, 9.17) is 11.6 Å². The Labute approximate surface area is 163 Å². The Bertz CT molecular complexity index is 722. The molecular weight excluding hydrogens is 368 g/mol. The Kier molecular flexibility index (Phi) is 8.01.